The van der Waals surface area contributed by atoms with Gasteiger partial charge in [0.1, 0.15) is 0 Å². The van der Waals surface area contributed by atoms with Crippen LogP contribution in [0.1, 0.15) is 27.2 Å². The molecule has 1 rings (SSSR count). The lowest BCUT2D eigenvalue weighted by Crippen LogP contribution is -2.50. The largest absolute Gasteiger partial charge is 0.368 e. The van der Waals surface area contributed by atoms with Crippen LogP contribution in [0, 0.1) is 23.2 Å². The van der Waals surface area contributed by atoms with Crippen LogP contribution in [0.4, 0.5) is 0 Å². The summed E-state index contributed by atoms with van der Waals surface area (Å²) in [5, 5.41) is 12.8. The molecule has 1 aliphatic rings. The zero-order valence-corrected chi connectivity index (χ0v) is 11.3. The number of aliphatic hydroxyl groups is 1. The summed E-state index contributed by atoms with van der Waals surface area (Å²) in [6.45, 7) is 7.76. The maximum absolute atomic E-state index is 9.62. The quantitative estimate of drug-likeness (QED) is 0.560. The molecule has 15 heavy (non-hydrogen) atoms. The SMILES string of the molecule is COC(O)C1CC(C(C)(C)CNP)[C@H]1C. The van der Waals surface area contributed by atoms with Gasteiger partial charge < -0.3 is 14.9 Å². The first-order valence-electron chi connectivity index (χ1n) is 5.58. The van der Waals surface area contributed by atoms with Gasteiger partial charge in [0.25, 0.3) is 0 Å². The van der Waals surface area contributed by atoms with Crippen LogP contribution in [0.3, 0.4) is 0 Å². The van der Waals surface area contributed by atoms with E-state index in [1.54, 1.807) is 7.11 Å². The van der Waals surface area contributed by atoms with E-state index in [9.17, 15) is 5.11 Å². The van der Waals surface area contributed by atoms with Crippen molar-refractivity contribution in [2.45, 2.75) is 33.5 Å². The molecule has 0 saturated heterocycles. The van der Waals surface area contributed by atoms with Crippen molar-refractivity contribution in [3.8, 4) is 0 Å². The van der Waals surface area contributed by atoms with E-state index in [-0.39, 0.29) is 5.41 Å². The van der Waals surface area contributed by atoms with Gasteiger partial charge in [0.2, 0.25) is 0 Å². The number of hydrogen-bond donors (Lipinski definition) is 2. The number of nitrogens with one attached hydrogen (secondary N) is 1. The lowest BCUT2D eigenvalue weighted by molar-refractivity contribution is -0.180. The number of aliphatic hydroxyl groups excluding tert-OH is 1. The molecule has 4 heteroatoms. The average molecular weight is 233 g/mol. The van der Waals surface area contributed by atoms with Gasteiger partial charge >= 0.3 is 0 Å². The zero-order chi connectivity index (χ0) is 11.6. The standard InChI is InChI=1S/C11H24NO2P/c1-7-8(10(13)14-4)5-9(7)11(2,3)6-12-15/h7-10,12-13H,5-6,15H2,1-4H3/t7-,8?,9?,10?/m0/s1. The Labute approximate surface area is 95.2 Å². The number of hydrogen-bond acceptors (Lipinski definition) is 3. The molecule has 0 amide bonds. The molecule has 0 radical (unpaired) electrons. The summed E-state index contributed by atoms with van der Waals surface area (Å²) < 4.78 is 4.98. The Morgan fingerprint density at radius 1 is 1.60 bits per heavy atom. The highest BCUT2D eigenvalue weighted by molar-refractivity contribution is 7.13. The minimum atomic E-state index is -0.587. The predicted molar refractivity (Wildman–Crippen MR) is 65.3 cm³/mol. The first-order chi connectivity index (χ1) is 6.94. The number of methoxy groups -OCH3 is 1. The maximum atomic E-state index is 9.62. The second kappa shape index (κ2) is 5.09. The van der Waals surface area contributed by atoms with Gasteiger partial charge in [0, 0.05) is 19.6 Å². The van der Waals surface area contributed by atoms with Crippen LogP contribution in [0.2, 0.25) is 0 Å². The summed E-state index contributed by atoms with van der Waals surface area (Å²) in [5.41, 5.74) is 0.283. The molecule has 5 atom stereocenters. The molecule has 2 N–H and O–H groups in total. The monoisotopic (exact) mass is 233 g/mol. The Balaban J connectivity index is 2.50. The first-order valence-corrected chi connectivity index (χ1v) is 6.16. The van der Waals surface area contributed by atoms with Gasteiger partial charge in [0.05, 0.1) is 0 Å². The van der Waals surface area contributed by atoms with Crippen molar-refractivity contribution < 1.29 is 9.84 Å². The van der Waals surface area contributed by atoms with E-state index in [1.807, 2.05) is 0 Å². The van der Waals surface area contributed by atoms with E-state index in [1.165, 1.54) is 0 Å². The fourth-order valence-corrected chi connectivity index (χ4v) is 3.33. The highest BCUT2D eigenvalue weighted by Crippen LogP contribution is 2.51. The minimum absolute atomic E-state index is 0.283. The molecule has 0 aromatic carbocycles. The molecule has 4 unspecified atom stereocenters. The van der Waals surface area contributed by atoms with E-state index in [0.29, 0.717) is 17.8 Å². The molecule has 1 fully saturated rings. The van der Waals surface area contributed by atoms with Crippen molar-refractivity contribution in [1.82, 2.24) is 5.09 Å². The van der Waals surface area contributed by atoms with Crippen molar-refractivity contribution in [2.24, 2.45) is 23.2 Å². The van der Waals surface area contributed by atoms with E-state index >= 15 is 0 Å². The fourth-order valence-electron chi connectivity index (χ4n) is 2.80. The third-order valence-corrected chi connectivity index (χ3v) is 4.21. The Hall–Kier alpha value is 0.310. The van der Waals surface area contributed by atoms with E-state index < -0.39 is 6.29 Å². The lowest BCUT2D eigenvalue weighted by atomic mass is 9.55. The third-order valence-electron chi connectivity index (χ3n) is 4.01. The van der Waals surface area contributed by atoms with Crippen molar-refractivity contribution in [2.75, 3.05) is 13.7 Å². The van der Waals surface area contributed by atoms with Gasteiger partial charge in [-0.15, -0.1) is 0 Å². The highest BCUT2D eigenvalue weighted by atomic mass is 31.0. The molecule has 0 aromatic heterocycles. The zero-order valence-electron chi connectivity index (χ0n) is 10.2. The fraction of sp³-hybridized carbons (Fsp3) is 1.00. The first kappa shape index (κ1) is 13.4. The Morgan fingerprint density at radius 2 is 2.20 bits per heavy atom. The van der Waals surface area contributed by atoms with Crippen molar-refractivity contribution in [3.63, 3.8) is 0 Å². The molecule has 0 bridgehead atoms. The average Bonchev–Trinajstić information content (AvgIpc) is 2.14. The molecule has 1 aliphatic carbocycles. The molecule has 0 spiro atoms. The van der Waals surface area contributed by atoms with Gasteiger partial charge in [0.15, 0.2) is 6.29 Å². The van der Waals surface area contributed by atoms with E-state index in [0.717, 1.165) is 13.0 Å². The van der Waals surface area contributed by atoms with Crippen LogP contribution < -0.4 is 5.09 Å². The molecular formula is C11H24NO2P. The molecule has 3 nitrogen and oxygen atoms in total. The summed E-state index contributed by atoms with van der Waals surface area (Å²) >= 11 is 0. The molecule has 1 saturated carbocycles. The molecule has 0 aliphatic heterocycles. The van der Waals surface area contributed by atoms with Crippen LogP contribution >= 0.6 is 9.39 Å². The second-order valence-electron chi connectivity index (χ2n) is 5.36. The summed E-state index contributed by atoms with van der Waals surface area (Å²) in [5.74, 6) is 1.51. The predicted octanol–water partition coefficient (Wildman–Crippen LogP) is 1.63. The summed E-state index contributed by atoms with van der Waals surface area (Å²) in [6.07, 6.45) is 0.478. The minimum Gasteiger partial charge on any atom is -0.368 e. The normalized spacial score (nSPS) is 33.6. The molecular weight excluding hydrogens is 209 g/mol. The van der Waals surface area contributed by atoms with Crippen LogP contribution in [-0.4, -0.2) is 25.1 Å². The van der Waals surface area contributed by atoms with E-state index in [4.69, 9.17) is 4.74 Å². The van der Waals surface area contributed by atoms with Gasteiger partial charge in [-0.3, -0.25) is 0 Å². The molecule has 90 valence electrons. The Morgan fingerprint density at radius 3 is 2.60 bits per heavy atom. The number of rotatable bonds is 5. The topological polar surface area (TPSA) is 41.5 Å². The Kier molecular flexibility index (Phi) is 4.54. The van der Waals surface area contributed by atoms with Crippen LogP contribution in [-0.2, 0) is 4.74 Å². The number of ether oxygens (including phenoxy) is 1. The Bertz CT molecular complexity index is 211. The highest BCUT2D eigenvalue weighted by Gasteiger charge is 2.48. The van der Waals surface area contributed by atoms with Gasteiger partial charge in [-0.25, -0.2) is 0 Å². The molecule has 0 aromatic rings. The van der Waals surface area contributed by atoms with Crippen LogP contribution in [0.15, 0.2) is 0 Å². The van der Waals surface area contributed by atoms with Gasteiger partial charge in [-0.1, -0.05) is 30.2 Å². The summed E-state index contributed by atoms with van der Waals surface area (Å²) in [6, 6.07) is 0. The lowest BCUT2D eigenvalue weighted by Gasteiger charge is -2.52. The van der Waals surface area contributed by atoms with Crippen LogP contribution in [0.25, 0.3) is 0 Å². The summed E-state index contributed by atoms with van der Waals surface area (Å²) in [7, 11) is 4.13. The van der Waals surface area contributed by atoms with Gasteiger partial charge in [-0.2, -0.15) is 0 Å². The summed E-state index contributed by atoms with van der Waals surface area (Å²) in [4.78, 5) is 0. The second-order valence-corrected chi connectivity index (χ2v) is 5.77. The van der Waals surface area contributed by atoms with Crippen LogP contribution in [0.5, 0.6) is 0 Å². The van der Waals surface area contributed by atoms with Crippen molar-refractivity contribution in [3.05, 3.63) is 0 Å². The van der Waals surface area contributed by atoms with Crippen molar-refractivity contribution >= 4 is 9.39 Å². The van der Waals surface area contributed by atoms with E-state index in [2.05, 4.69) is 35.2 Å². The molecule has 0 heterocycles. The third kappa shape index (κ3) is 2.71. The smallest absolute Gasteiger partial charge is 0.157 e. The maximum Gasteiger partial charge on any atom is 0.157 e. The van der Waals surface area contributed by atoms with Crippen molar-refractivity contribution in [1.29, 1.82) is 0 Å². The van der Waals surface area contributed by atoms with Gasteiger partial charge in [-0.05, 0) is 23.7 Å².